The summed E-state index contributed by atoms with van der Waals surface area (Å²) in [4.78, 5) is 58.0. The summed E-state index contributed by atoms with van der Waals surface area (Å²) in [6, 6.07) is 4.72. The van der Waals surface area contributed by atoms with Crippen LogP contribution in [0, 0.1) is 0 Å². The Bertz CT molecular complexity index is 892. The van der Waals surface area contributed by atoms with Crippen molar-refractivity contribution in [3.8, 4) is 11.5 Å². The molecule has 2 rings (SSSR count). The number of allylic oxidation sites excluding steroid dienone is 1. The van der Waals surface area contributed by atoms with Crippen molar-refractivity contribution in [2.24, 2.45) is 0 Å². The van der Waals surface area contributed by atoms with E-state index in [2.05, 4.69) is 26.0 Å². The number of β-lactam (4-membered cyclic amide) rings is 1. The van der Waals surface area contributed by atoms with Gasteiger partial charge in [-0.15, -0.1) is 0 Å². The van der Waals surface area contributed by atoms with Crippen LogP contribution in [0.15, 0.2) is 35.7 Å². The number of halogens is 1. The summed E-state index contributed by atoms with van der Waals surface area (Å²) in [6.45, 7) is -0.265. The Kier molecular flexibility index (Phi) is 8.24. The molecule has 0 aromatic heterocycles. The van der Waals surface area contributed by atoms with E-state index in [0.29, 0.717) is 17.4 Å². The molecule has 11 nitrogen and oxygen atoms in total. The highest BCUT2D eigenvalue weighted by molar-refractivity contribution is 9.09. The van der Waals surface area contributed by atoms with Gasteiger partial charge in [-0.3, -0.25) is 24.1 Å². The SMILES string of the molecule is O=COc1cccc(OCC(=O)NC2C(=O)N(C(C(=O)O)=C(O)CBr)C2SC=O)c1. The number of carbonyl (C=O) groups excluding carboxylic acids is 4. The lowest BCUT2D eigenvalue weighted by Crippen LogP contribution is -2.69. The van der Waals surface area contributed by atoms with Crippen LogP contribution in [0.5, 0.6) is 11.5 Å². The molecule has 2 unspecified atom stereocenters. The standard InChI is InChI=1S/C17H15BrN2O9S/c18-5-11(23)14(17(26)27)20-15(25)13(16(20)30-8-22)19-12(24)6-28-9-2-1-3-10(4-9)29-7-21/h1-4,7-8,13,16,23H,5-6H2,(H,19,24)(H,26,27). The predicted molar refractivity (Wildman–Crippen MR) is 107 cm³/mol. The first kappa shape index (κ1) is 23.2. The summed E-state index contributed by atoms with van der Waals surface area (Å²) < 4.78 is 9.92. The molecule has 0 bridgehead atoms. The number of carboxylic acids is 1. The monoisotopic (exact) mass is 502 g/mol. The average molecular weight is 503 g/mol. The number of thioether (sulfide) groups is 1. The zero-order valence-corrected chi connectivity index (χ0v) is 17.4. The van der Waals surface area contributed by atoms with E-state index < -0.39 is 47.3 Å². The van der Waals surface area contributed by atoms with Crippen molar-refractivity contribution in [2.75, 3.05) is 11.9 Å². The maximum absolute atomic E-state index is 12.4. The second-order valence-corrected chi connectivity index (χ2v) is 7.10. The first-order valence-electron chi connectivity index (χ1n) is 8.10. The zero-order chi connectivity index (χ0) is 22.3. The van der Waals surface area contributed by atoms with Crippen LogP contribution in [0.25, 0.3) is 0 Å². The number of aliphatic carboxylic acids is 1. The molecule has 30 heavy (non-hydrogen) atoms. The van der Waals surface area contributed by atoms with Crippen molar-refractivity contribution in [1.29, 1.82) is 0 Å². The number of hydrogen-bond acceptors (Lipinski definition) is 9. The topological polar surface area (TPSA) is 160 Å². The molecule has 0 radical (unpaired) electrons. The molecule has 0 saturated carbocycles. The summed E-state index contributed by atoms with van der Waals surface area (Å²) >= 11 is 3.47. The van der Waals surface area contributed by atoms with E-state index in [1.54, 1.807) is 0 Å². The van der Waals surface area contributed by atoms with Crippen molar-refractivity contribution in [3.05, 3.63) is 35.7 Å². The van der Waals surface area contributed by atoms with Crippen LogP contribution in [0.2, 0.25) is 0 Å². The van der Waals surface area contributed by atoms with Gasteiger partial charge in [-0.2, -0.15) is 0 Å². The van der Waals surface area contributed by atoms with Crippen LogP contribution in [0.3, 0.4) is 0 Å². The van der Waals surface area contributed by atoms with Crippen molar-refractivity contribution in [2.45, 2.75) is 11.4 Å². The van der Waals surface area contributed by atoms with Gasteiger partial charge < -0.3 is 25.0 Å². The van der Waals surface area contributed by atoms with Crippen molar-refractivity contribution in [1.82, 2.24) is 10.2 Å². The number of nitrogens with one attached hydrogen (secondary N) is 1. The van der Waals surface area contributed by atoms with Crippen LogP contribution in [-0.2, 0) is 24.0 Å². The first-order chi connectivity index (χ1) is 14.3. The van der Waals surface area contributed by atoms with Gasteiger partial charge in [0.2, 0.25) is 0 Å². The van der Waals surface area contributed by atoms with Gasteiger partial charge in [0.25, 0.3) is 18.3 Å². The number of hydrogen-bond donors (Lipinski definition) is 3. The van der Waals surface area contributed by atoms with Crippen LogP contribution < -0.4 is 14.8 Å². The predicted octanol–water partition coefficient (Wildman–Crippen LogP) is 0.426. The van der Waals surface area contributed by atoms with Crippen molar-refractivity contribution in [3.63, 3.8) is 0 Å². The molecule has 2 atom stereocenters. The quantitative estimate of drug-likeness (QED) is 0.127. The van der Waals surface area contributed by atoms with Crippen LogP contribution in [-0.4, -0.2) is 68.3 Å². The van der Waals surface area contributed by atoms with Gasteiger partial charge in [-0.25, -0.2) is 4.79 Å². The fourth-order valence-corrected chi connectivity index (χ4v) is 3.57. The van der Waals surface area contributed by atoms with E-state index in [1.807, 2.05) is 0 Å². The lowest BCUT2D eigenvalue weighted by molar-refractivity contribution is -0.151. The van der Waals surface area contributed by atoms with E-state index in [4.69, 9.17) is 4.74 Å². The van der Waals surface area contributed by atoms with Crippen LogP contribution >= 0.6 is 27.7 Å². The molecule has 1 heterocycles. The highest BCUT2D eigenvalue weighted by Crippen LogP contribution is 2.34. The van der Waals surface area contributed by atoms with Gasteiger partial charge in [-0.05, 0) is 12.1 Å². The van der Waals surface area contributed by atoms with E-state index in [1.165, 1.54) is 24.3 Å². The average Bonchev–Trinajstić information content (AvgIpc) is 2.73. The molecule has 1 aromatic rings. The third-order valence-electron chi connectivity index (χ3n) is 3.76. The highest BCUT2D eigenvalue weighted by atomic mass is 79.9. The minimum Gasteiger partial charge on any atom is -0.509 e. The maximum Gasteiger partial charge on any atom is 0.356 e. The van der Waals surface area contributed by atoms with E-state index in [9.17, 15) is 34.2 Å². The van der Waals surface area contributed by atoms with E-state index >= 15 is 0 Å². The number of carbonyl (C=O) groups is 5. The molecular weight excluding hydrogens is 488 g/mol. The fraction of sp³-hybridized carbons (Fsp3) is 0.235. The lowest BCUT2D eigenvalue weighted by Gasteiger charge is -2.45. The first-order valence-corrected chi connectivity index (χ1v) is 10.2. The van der Waals surface area contributed by atoms with Gasteiger partial charge in [0.1, 0.15) is 28.7 Å². The molecule has 160 valence electrons. The second kappa shape index (κ2) is 10.6. The molecule has 1 aliphatic rings. The Morgan fingerprint density at radius 1 is 1.27 bits per heavy atom. The Morgan fingerprint density at radius 2 is 1.97 bits per heavy atom. The number of carboxylic acid groups (broad SMARTS) is 1. The number of amides is 2. The highest BCUT2D eigenvalue weighted by Gasteiger charge is 2.52. The fourth-order valence-electron chi connectivity index (χ4n) is 2.52. The molecule has 1 fully saturated rings. The molecule has 0 spiro atoms. The number of rotatable bonds is 11. The third kappa shape index (κ3) is 5.30. The number of ether oxygens (including phenoxy) is 2. The molecule has 1 aromatic carbocycles. The van der Waals surface area contributed by atoms with Gasteiger partial charge in [0.05, 0.1) is 5.33 Å². The molecule has 13 heteroatoms. The summed E-state index contributed by atoms with van der Waals surface area (Å²) in [5.74, 6) is -3.27. The summed E-state index contributed by atoms with van der Waals surface area (Å²) in [6.07, 6.45) is 0. The van der Waals surface area contributed by atoms with Gasteiger partial charge in [-0.1, -0.05) is 33.8 Å². The van der Waals surface area contributed by atoms with Gasteiger partial charge >= 0.3 is 5.97 Å². The zero-order valence-electron chi connectivity index (χ0n) is 15.0. The van der Waals surface area contributed by atoms with Crippen LogP contribution in [0.4, 0.5) is 0 Å². The van der Waals surface area contributed by atoms with Crippen molar-refractivity contribution < 1.29 is 43.7 Å². The minimum atomic E-state index is -1.57. The van der Waals surface area contributed by atoms with Crippen LogP contribution in [0.1, 0.15) is 0 Å². The van der Waals surface area contributed by atoms with E-state index in [-0.39, 0.29) is 23.3 Å². The summed E-state index contributed by atoms with van der Waals surface area (Å²) in [5, 5.41) is 20.1. The number of alkyl halides is 1. The molecule has 1 aliphatic heterocycles. The Morgan fingerprint density at radius 3 is 2.57 bits per heavy atom. The molecule has 3 N–H and O–H groups in total. The number of benzene rings is 1. The number of aliphatic hydroxyl groups excluding tert-OH is 1. The van der Waals surface area contributed by atoms with Gasteiger partial charge in [0.15, 0.2) is 17.9 Å². The second-order valence-electron chi connectivity index (χ2n) is 5.59. The van der Waals surface area contributed by atoms with Crippen molar-refractivity contribution >= 4 is 57.6 Å². The normalized spacial score (nSPS) is 18.6. The Hall–Kier alpha value is -3.06. The largest absolute Gasteiger partial charge is 0.509 e. The third-order valence-corrected chi connectivity index (χ3v) is 5.16. The maximum atomic E-state index is 12.4. The smallest absolute Gasteiger partial charge is 0.356 e. The number of nitrogens with zero attached hydrogens (tertiary/aromatic N) is 1. The lowest BCUT2D eigenvalue weighted by atomic mass is 10.1. The number of likely N-dealkylation sites (tertiary alicyclic amines) is 1. The molecular formula is C17H15BrN2O9S. The Labute approximate surface area is 182 Å². The molecule has 2 amide bonds. The Balaban J connectivity index is 2.05. The molecule has 0 aliphatic carbocycles. The summed E-state index contributed by atoms with van der Waals surface area (Å²) in [5.41, 5.74) is -0.298. The van der Waals surface area contributed by atoms with Gasteiger partial charge in [0, 0.05) is 6.07 Å². The number of aliphatic hydroxyl groups is 1. The summed E-state index contributed by atoms with van der Waals surface area (Å²) in [7, 11) is 0. The van der Waals surface area contributed by atoms with E-state index in [0.717, 1.165) is 4.90 Å². The molecule has 1 saturated heterocycles. The minimum absolute atomic E-state index is 0.203.